The zero-order valence-electron chi connectivity index (χ0n) is 14.1. The summed E-state index contributed by atoms with van der Waals surface area (Å²) in [7, 11) is 1.30. The maximum absolute atomic E-state index is 13.0. The van der Waals surface area contributed by atoms with Gasteiger partial charge in [0, 0.05) is 12.5 Å². The lowest BCUT2D eigenvalue weighted by molar-refractivity contribution is 0.0974. The van der Waals surface area contributed by atoms with E-state index in [1.807, 2.05) is 0 Å². The van der Waals surface area contributed by atoms with Crippen LogP contribution in [-0.4, -0.2) is 24.2 Å². The molecule has 2 aromatic heterocycles. The van der Waals surface area contributed by atoms with Gasteiger partial charge in [0.15, 0.2) is 11.5 Å². The van der Waals surface area contributed by atoms with Gasteiger partial charge in [0.25, 0.3) is 5.78 Å². The molecule has 0 fully saturated rings. The molecule has 1 aromatic carbocycles. The molecule has 3 rings (SSSR count). The summed E-state index contributed by atoms with van der Waals surface area (Å²) < 4.78 is 23.7. The minimum absolute atomic E-state index is 0.0684. The predicted octanol–water partition coefficient (Wildman–Crippen LogP) is 2.88. The summed E-state index contributed by atoms with van der Waals surface area (Å²) in [6, 6.07) is 9.79. The number of rotatable bonds is 6. The zero-order chi connectivity index (χ0) is 19.4. The van der Waals surface area contributed by atoms with E-state index >= 15 is 0 Å². The summed E-state index contributed by atoms with van der Waals surface area (Å²) in [6.45, 7) is 0. The van der Waals surface area contributed by atoms with Gasteiger partial charge in [-0.05, 0) is 29.8 Å². The highest BCUT2D eigenvalue weighted by Crippen LogP contribution is 2.21. The standard InChI is InChI=1S/C19H14FNO6/c1-25-21-10-14-9-15(22)17(23)19(27-14)18(24)16-7-6-13(26-16)8-11-2-4-12(20)5-3-11/h2-7,9-10,23H,8H2,1H3/b21-10+. The third-order valence-electron chi connectivity index (χ3n) is 3.61. The third-order valence-corrected chi connectivity index (χ3v) is 3.61. The Bertz CT molecular complexity index is 1050. The van der Waals surface area contributed by atoms with Crippen LogP contribution in [0.25, 0.3) is 0 Å². The fourth-order valence-corrected chi connectivity index (χ4v) is 2.34. The van der Waals surface area contributed by atoms with E-state index in [-0.39, 0.29) is 17.3 Å². The Hall–Kier alpha value is -3.68. The van der Waals surface area contributed by atoms with E-state index in [0.717, 1.165) is 17.8 Å². The lowest BCUT2D eigenvalue weighted by Gasteiger charge is -2.02. The van der Waals surface area contributed by atoms with Gasteiger partial charge in [-0.2, -0.15) is 0 Å². The topological polar surface area (TPSA) is 102 Å². The van der Waals surface area contributed by atoms with Crippen LogP contribution in [0.1, 0.15) is 33.4 Å². The Morgan fingerprint density at radius 3 is 2.67 bits per heavy atom. The molecular weight excluding hydrogens is 357 g/mol. The first-order valence-corrected chi connectivity index (χ1v) is 7.79. The van der Waals surface area contributed by atoms with Crippen LogP contribution < -0.4 is 5.43 Å². The van der Waals surface area contributed by atoms with E-state index in [9.17, 15) is 19.1 Å². The van der Waals surface area contributed by atoms with E-state index in [2.05, 4.69) is 9.99 Å². The SMILES string of the molecule is CO/N=C/c1cc(=O)c(O)c(C(=O)c2ccc(Cc3ccc(F)cc3)o2)o1. The van der Waals surface area contributed by atoms with Gasteiger partial charge in [-0.25, -0.2) is 4.39 Å². The highest BCUT2D eigenvalue weighted by Gasteiger charge is 2.23. The summed E-state index contributed by atoms with van der Waals surface area (Å²) >= 11 is 0. The van der Waals surface area contributed by atoms with Crippen LogP contribution >= 0.6 is 0 Å². The molecule has 0 aliphatic carbocycles. The predicted molar refractivity (Wildman–Crippen MR) is 92.6 cm³/mol. The van der Waals surface area contributed by atoms with Crippen molar-refractivity contribution >= 4 is 12.0 Å². The molecule has 3 aromatic rings. The lowest BCUT2D eigenvalue weighted by Crippen LogP contribution is -2.09. The van der Waals surface area contributed by atoms with Crippen LogP contribution in [0, 0.1) is 5.82 Å². The number of hydrogen-bond acceptors (Lipinski definition) is 7. The van der Waals surface area contributed by atoms with Gasteiger partial charge in [0.2, 0.25) is 16.9 Å². The molecule has 0 saturated carbocycles. The van der Waals surface area contributed by atoms with Crippen molar-refractivity contribution in [1.82, 2.24) is 0 Å². The van der Waals surface area contributed by atoms with Gasteiger partial charge in [0.05, 0.1) is 0 Å². The molecule has 0 saturated heterocycles. The smallest absolute Gasteiger partial charge is 0.267 e. The normalized spacial score (nSPS) is 11.0. The highest BCUT2D eigenvalue weighted by molar-refractivity contribution is 6.07. The maximum atomic E-state index is 13.0. The van der Waals surface area contributed by atoms with Crippen molar-refractivity contribution in [2.24, 2.45) is 5.16 Å². The monoisotopic (exact) mass is 371 g/mol. The summed E-state index contributed by atoms with van der Waals surface area (Å²) in [5.41, 5.74) is -0.0165. The van der Waals surface area contributed by atoms with Crippen molar-refractivity contribution in [3.63, 3.8) is 0 Å². The van der Waals surface area contributed by atoms with Crippen LogP contribution in [0.4, 0.5) is 4.39 Å². The van der Waals surface area contributed by atoms with E-state index in [0.29, 0.717) is 12.2 Å². The summed E-state index contributed by atoms with van der Waals surface area (Å²) in [4.78, 5) is 28.8. The molecule has 0 atom stereocenters. The summed E-state index contributed by atoms with van der Waals surface area (Å²) in [5, 5.41) is 13.3. The van der Waals surface area contributed by atoms with Gasteiger partial charge >= 0.3 is 0 Å². The second-order valence-corrected chi connectivity index (χ2v) is 5.51. The fourth-order valence-electron chi connectivity index (χ4n) is 2.34. The summed E-state index contributed by atoms with van der Waals surface area (Å²) in [5.74, 6) is -2.29. The molecule has 27 heavy (non-hydrogen) atoms. The number of furan rings is 1. The average molecular weight is 371 g/mol. The second kappa shape index (κ2) is 7.69. The van der Waals surface area contributed by atoms with Gasteiger partial charge in [-0.1, -0.05) is 17.3 Å². The van der Waals surface area contributed by atoms with Gasteiger partial charge in [0.1, 0.15) is 24.9 Å². The van der Waals surface area contributed by atoms with Crippen LogP contribution in [0.15, 0.2) is 61.2 Å². The first-order valence-electron chi connectivity index (χ1n) is 7.79. The Morgan fingerprint density at radius 2 is 1.96 bits per heavy atom. The number of carbonyl (C=O) groups is 1. The number of hydrogen-bond donors (Lipinski definition) is 1. The molecule has 2 heterocycles. The van der Waals surface area contributed by atoms with E-state index < -0.39 is 22.7 Å². The Morgan fingerprint density at radius 1 is 1.22 bits per heavy atom. The molecule has 138 valence electrons. The van der Waals surface area contributed by atoms with Crippen molar-refractivity contribution in [2.75, 3.05) is 7.11 Å². The Labute approximate surface area is 152 Å². The van der Waals surface area contributed by atoms with Crippen LogP contribution in [-0.2, 0) is 11.3 Å². The largest absolute Gasteiger partial charge is 0.501 e. The molecular formula is C19H14FNO6. The minimum Gasteiger partial charge on any atom is -0.501 e. The number of ketones is 1. The number of halogens is 1. The molecule has 0 bridgehead atoms. The Balaban J connectivity index is 1.87. The fraction of sp³-hybridized carbons (Fsp3) is 0.105. The number of benzene rings is 1. The second-order valence-electron chi connectivity index (χ2n) is 5.51. The molecule has 0 spiro atoms. The minimum atomic E-state index is -0.828. The number of oxime groups is 1. The van der Waals surface area contributed by atoms with Crippen LogP contribution in [0.5, 0.6) is 5.75 Å². The summed E-state index contributed by atoms with van der Waals surface area (Å²) in [6.07, 6.45) is 1.42. The quantitative estimate of drug-likeness (QED) is 0.406. The molecule has 0 radical (unpaired) electrons. The molecule has 0 aliphatic rings. The molecule has 0 unspecified atom stereocenters. The van der Waals surface area contributed by atoms with Gasteiger partial charge in [-0.3, -0.25) is 9.59 Å². The van der Waals surface area contributed by atoms with Crippen molar-refractivity contribution in [3.05, 3.63) is 87.1 Å². The Kier molecular flexibility index (Phi) is 5.16. The zero-order valence-corrected chi connectivity index (χ0v) is 14.1. The molecule has 0 amide bonds. The number of aromatic hydroxyl groups is 1. The first-order chi connectivity index (χ1) is 13.0. The van der Waals surface area contributed by atoms with Crippen LogP contribution in [0.2, 0.25) is 0 Å². The maximum Gasteiger partial charge on any atom is 0.267 e. The average Bonchev–Trinajstić information content (AvgIpc) is 3.12. The lowest BCUT2D eigenvalue weighted by atomic mass is 10.1. The number of nitrogens with zero attached hydrogens (tertiary/aromatic N) is 1. The van der Waals surface area contributed by atoms with Crippen molar-refractivity contribution in [3.8, 4) is 5.75 Å². The van der Waals surface area contributed by atoms with Gasteiger partial charge < -0.3 is 18.8 Å². The first kappa shape index (κ1) is 18.1. The van der Waals surface area contributed by atoms with E-state index in [1.165, 1.54) is 25.3 Å². The van der Waals surface area contributed by atoms with Crippen molar-refractivity contribution < 1.29 is 28.0 Å². The van der Waals surface area contributed by atoms with Crippen molar-refractivity contribution in [2.45, 2.75) is 6.42 Å². The van der Waals surface area contributed by atoms with Crippen molar-refractivity contribution in [1.29, 1.82) is 0 Å². The van der Waals surface area contributed by atoms with E-state index in [4.69, 9.17) is 8.83 Å². The molecule has 8 heteroatoms. The van der Waals surface area contributed by atoms with Gasteiger partial charge in [-0.15, -0.1) is 0 Å². The molecule has 0 aliphatic heterocycles. The van der Waals surface area contributed by atoms with Crippen LogP contribution in [0.3, 0.4) is 0 Å². The molecule has 7 nitrogen and oxygen atoms in total. The number of carbonyl (C=O) groups excluding carboxylic acids is 1. The third kappa shape index (κ3) is 4.12. The molecule has 1 N–H and O–H groups in total. The van der Waals surface area contributed by atoms with E-state index in [1.54, 1.807) is 18.2 Å². The highest BCUT2D eigenvalue weighted by atomic mass is 19.1.